The van der Waals surface area contributed by atoms with Crippen LogP contribution >= 0.6 is 11.8 Å². The maximum Gasteiger partial charge on any atom is 0.277 e. The summed E-state index contributed by atoms with van der Waals surface area (Å²) in [7, 11) is 0. The number of aryl methyl sites for hydroxylation is 2. The molecular weight excluding hydrogens is 426 g/mol. The summed E-state index contributed by atoms with van der Waals surface area (Å²) in [5.41, 5.74) is 4.12. The van der Waals surface area contributed by atoms with E-state index in [1.54, 1.807) is 0 Å². The van der Waals surface area contributed by atoms with Gasteiger partial charge in [0.2, 0.25) is 11.8 Å². The molecule has 2 heterocycles. The first kappa shape index (κ1) is 22.2. The van der Waals surface area contributed by atoms with Gasteiger partial charge in [-0.25, -0.2) is 0 Å². The van der Waals surface area contributed by atoms with Crippen molar-refractivity contribution in [3.05, 3.63) is 53.1 Å². The number of hydrogen-bond acceptors (Lipinski definition) is 7. The van der Waals surface area contributed by atoms with Crippen molar-refractivity contribution in [1.29, 1.82) is 0 Å². The molecule has 0 saturated heterocycles. The Labute approximate surface area is 191 Å². The SMILES string of the molecule is Cc1cc(C)cc(-c2nnc(SCC(=O)NC(c3ccc4c(c3)OCCO4)C(C)C)o2)c1. The molecule has 0 fully saturated rings. The summed E-state index contributed by atoms with van der Waals surface area (Å²) in [5, 5.41) is 11.7. The molecule has 1 aliphatic heterocycles. The second-order valence-electron chi connectivity index (χ2n) is 8.23. The van der Waals surface area contributed by atoms with Crippen molar-refractivity contribution in [2.45, 2.75) is 39.0 Å². The number of ether oxygens (including phenoxy) is 2. The van der Waals surface area contributed by atoms with Crippen LogP contribution < -0.4 is 14.8 Å². The number of fused-ring (bicyclic) bond motifs is 1. The fourth-order valence-corrected chi connectivity index (χ4v) is 4.29. The maximum absolute atomic E-state index is 12.7. The Balaban J connectivity index is 1.39. The summed E-state index contributed by atoms with van der Waals surface area (Å²) in [6.07, 6.45) is 0. The molecule has 0 aliphatic carbocycles. The van der Waals surface area contributed by atoms with Crippen LogP contribution in [0.5, 0.6) is 11.5 Å². The van der Waals surface area contributed by atoms with Crippen molar-refractivity contribution in [3.8, 4) is 23.0 Å². The number of carbonyl (C=O) groups is 1. The van der Waals surface area contributed by atoms with Crippen molar-refractivity contribution in [3.63, 3.8) is 0 Å². The van der Waals surface area contributed by atoms with Crippen molar-refractivity contribution in [2.24, 2.45) is 5.92 Å². The van der Waals surface area contributed by atoms with Gasteiger partial charge in [0, 0.05) is 5.56 Å². The lowest BCUT2D eigenvalue weighted by molar-refractivity contribution is -0.119. The van der Waals surface area contributed by atoms with Crippen molar-refractivity contribution in [1.82, 2.24) is 15.5 Å². The number of rotatable bonds is 7. The molecule has 1 N–H and O–H groups in total. The highest BCUT2D eigenvalue weighted by Gasteiger charge is 2.22. The van der Waals surface area contributed by atoms with E-state index in [1.807, 2.05) is 44.2 Å². The molecule has 0 saturated carbocycles. The standard InChI is InChI=1S/C24H27N3O4S/c1-14(2)22(17-5-6-19-20(12-17)30-8-7-29-19)25-21(28)13-32-24-27-26-23(31-24)18-10-15(3)9-16(4)11-18/h5-6,9-12,14,22H,7-8,13H2,1-4H3,(H,25,28). The van der Waals surface area contributed by atoms with E-state index < -0.39 is 0 Å². The Hall–Kier alpha value is -3.00. The van der Waals surface area contributed by atoms with E-state index in [0.29, 0.717) is 30.1 Å². The molecule has 4 rings (SSSR count). The Bertz CT molecular complexity index is 1090. The van der Waals surface area contributed by atoms with Gasteiger partial charge in [0.05, 0.1) is 11.8 Å². The molecule has 1 atom stereocenters. The van der Waals surface area contributed by atoms with Crippen molar-refractivity contribution < 1.29 is 18.7 Å². The van der Waals surface area contributed by atoms with Crippen LogP contribution in [0.4, 0.5) is 0 Å². The normalized spacial score (nSPS) is 13.8. The first-order valence-corrected chi connectivity index (χ1v) is 11.6. The highest BCUT2D eigenvalue weighted by molar-refractivity contribution is 7.99. The molecule has 168 valence electrons. The molecule has 2 aromatic carbocycles. The van der Waals surface area contributed by atoms with Crippen LogP contribution in [0, 0.1) is 19.8 Å². The molecule has 1 unspecified atom stereocenters. The highest BCUT2D eigenvalue weighted by Crippen LogP contribution is 2.34. The van der Waals surface area contributed by atoms with Gasteiger partial charge < -0.3 is 19.2 Å². The summed E-state index contributed by atoms with van der Waals surface area (Å²) in [6.45, 7) is 9.28. The predicted octanol–water partition coefficient (Wildman–Crippen LogP) is 4.73. The Morgan fingerprint density at radius 3 is 2.47 bits per heavy atom. The van der Waals surface area contributed by atoms with Crippen LogP contribution in [0.25, 0.3) is 11.5 Å². The minimum Gasteiger partial charge on any atom is -0.486 e. The molecule has 0 radical (unpaired) electrons. The minimum atomic E-state index is -0.146. The van der Waals surface area contributed by atoms with E-state index in [1.165, 1.54) is 11.8 Å². The Morgan fingerprint density at radius 2 is 1.75 bits per heavy atom. The average molecular weight is 454 g/mol. The lowest BCUT2D eigenvalue weighted by Gasteiger charge is -2.25. The number of nitrogens with one attached hydrogen (secondary N) is 1. The van der Waals surface area contributed by atoms with Crippen LogP contribution in [0.15, 0.2) is 46.0 Å². The van der Waals surface area contributed by atoms with Crippen LogP contribution in [-0.2, 0) is 4.79 Å². The van der Waals surface area contributed by atoms with Gasteiger partial charge in [-0.15, -0.1) is 10.2 Å². The summed E-state index contributed by atoms with van der Waals surface area (Å²) in [6, 6.07) is 11.8. The quantitative estimate of drug-likeness (QED) is 0.518. The minimum absolute atomic E-state index is 0.102. The molecule has 0 bridgehead atoms. The van der Waals surface area contributed by atoms with Crippen LogP contribution in [0.3, 0.4) is 0 Å². The summed E-state index contributed by atoms with van der Waals surface area (Å²) in [4.78, 5) is 12.7. The predicted molar refractivity (Wildman–Crippen MR) is 123 cm³/mol. The zero-order chi connectivity index (χ0) is 22.7. The number of thioether (sulfide) groups is 1. The lowest BCUT2D eigenvalue weighted by atomic mass is 9.95. The number of amides is 1. The zero-order valence-electron chi connectivity index (χ0n) is 18.7. The first-order valence-electron chi connectivity index (χ1n) is 10.6. The monoisotopic (exact) mass is 453 g/mol. The summed E-state index contributed by atoms with van der Waals surface area (Å²) in [5.74, 6) is 2.19. The van der Waals surface area contributed by atoms with E-state index in [-0.39, 0.29) is 23.6 Å². The number of nitrogens with zero attached hydrogens (tertiary/aromatic N) is 2. The fraction of sp³-hybridized carbons (Fsp3) is 0.375. The lowest BCUT2D eigenvalue weighted by Crippen LogP contribution is -2.33. The largest absolute Gasteiger partial charge is 0.486 e. The third kappa shape index (κ3) is 5.24. The Morgan fingerprint density at radius 1 is 1.03 bits per heavy atom. The number of carbonyl (C=O) groups excluding carboxylic acids is 1. The first-order chi connectivity index (χ1) is 15.4. The van der Waals surface area contributed by atoms with E-state index in [9.17, 15) is 4.79 Å². The second-order valence-corrected chi connectivity index (χ2v) is 9.16. The van der Waals surface area contributed by atoms with Crippen molar-refractivity contribution >= 4 is 17.7 Å². The third-order valence-corrected chi connectivity index (χ3v) is 5.93. The molecule has 1 aromatic heterocycles. The molecular formula is C24H27N3O4S. The number of aromatic nitrogens is 2. The van der Waals surface area contributed by atoms with Gasteiger partial charge in [-0.3, -0.25) is 4.79 Å². The topological polar surface area (TPSA) is 86.5 Å². The van der Waals surface area contributed by atoms with Crippen LogP contribution in [0.1, 0.15) is 36.6 Å². The average Bonchev–Trinajstić information content (AvgIpc) is 3.24. The van der Waals surface area contributed by atoms with Crippen molar-refractivity contribution in [2.75, 3.05) is 19.0 Å². The smallest absolute Gasteiger partial charge is 0.277 e. The van der Waals surface area contributed by atoms with Crippen LogP contribution in [-0.4, -0.2) is 35.1 Å². The van der Waals surface area contributed by atoms with E-state index in [0.717, 1.165) is 28.0 Å². The van der Waals surface area contributed by atoms with E-state index in [2.05, 4.69) is 35.4 Å². The molecule has 32 heavy (non-hydrogen) atoms. The molecule has 8 heteroatoms. The molecule has 1 aliphatic rings. The van der Waals surface area contributed by atoms with Gasteiger partial charge in [-0.1, -0.05) is 48.9 Å². The number of benzene rings is 2. The molecule has 7 nitrogen and oxygen atoms in total. The van der Waals surface area contributed by atoms with Gasteiger partial charge in [0.15, 0.2) is 11.5 Å². The summed E-state index contributed by atoms with van der Waals surface area (Å²) >= 11 is 1.23. The fourth-order valence-electron chi connectivity index (χ4n) is 3.71. The zero-order valence-corrected chi connectivity index (χ0v) is 19.5. The molecule has 0 spiro atoms. The third-order valence-electron chi connectivity index (χ3n) is 5.11. The van der Waals surface area contributed by atoms with Gasteiger partial charge in [0.25, 0.3) is 5.22 Å². The molecule has 3 aromatic rings. The van der Waals surface area contributed by atoms with Crippen LogP contribution in [0.2, 0.25) is 0 Å². The van der Waals surface area contributed by atoms with Gasteiger partial charge in [-0.05, 0) is 49.6 Å². The van der Waals surface area contributed by atoms with E-state index in [4.69, 9.17) is 13.9 Å². The molecule has 1 amide bonds. The summed E-state index contributed by atoms with van der Waals surface area (Å²) < 4.78 is 17.0. The maximum atomic E-state index is 12.7. The second kappa shape index (κ2) is 9.65. The highest BCUT2D eigenvalue weighted by atomic mass is 32.2. The van der Waals surface area contributed by atoms with Gasteiger partial charge >= 0.3 is 0 Å². The Kier molecular flexibility index (Phi) is 6.69. The van der Waals surface area contributed by atoms with E-state index >= 15 is 0 Å². The number of hydrogen-bond donors (Lipinski definition) is 1. The van der Waals surface area contributed by atoms with Gasteiger partial charge in [0.1, 0.15) is 13.2 Å². The van der Waals surface area contributed by atoms with Gasteiger partial charge in [-0.2, -0.15) is 0 Å².